The average molecular weight is 337 g/mol. The van der Waals surface area contributed by atoms with Crippen LogP contribution >= 0.6 is 0 Å². The van der Waals surface area contributed by atoms with Crippen molar-refractivity contribution in [3.8, 4) is 17.2 Å². The van der Waals surface area contributed by atoms with E-state index in [-0.39, 0.29) is 0 Å². The van der Waals surface area contributed by atoms with Gasteiger partial charge in [-0.1, -0.05) is 0 Å². The molecular formula is C18H27NO5. The highest BCUT2D eigenvalue weighted by molar-refractivity contribution is 5.78. The minimum Gasteiger partial charge on any atom is -0.490 e. The Morgan fingerprint density at radius 1 is 1.08 bits per heavy atom. The van der Waals surface area contributed by atoms with Gasteiger partial charge >= 0.3 is 0 Å². The van der Waals surface area contributed by atoms with Crippen molar-refractivity contribution in [2.75, 3.05) is 52.7 Å². The molecule has 1 aromatic carbocycles. The third-order valence-electron chi connectivity index (χ3n) is 3.75. The molecule has 0 aliphatic carbocycles. The first-order valence-corrected chi connectivity index (χ1v) is 8.60. The summed E-state index contributed by atoms with van der Waals surface area (Å²) in [5, 5.41) is 0. The SMILES string of the molecule is CCOc1cc(C=O)cc(OCCCN2CCOCC2)c1OCC. The van der Waals surface area contributed by atoms with Gasteiger partial charge < -0.3 is 18.9 Å². The average Bonchev–Trinajstić information content (AvgIpc) is 2.62. The maximum Gasteiger partial charge on any atom is 0.203 e. The summed E-state index contributed by atoms with van der Waals surface area (Å²) in [5.74, 6) is 1.68. The van der Waals surface area contributed by atoms with Crippen LogP contribution in [0.5, 0.6) is 17.2 Å². The Hall–Kier alpha value is -1.79. The number of hydrogen-bond acceptors (Lipinski definition) is 6. The van der Waals surface area contributed by atoms with Crippen LogP contribution in [0.4, 0.5) is 0 Å². The summed E-state index contributed by atoms with van der Waals surface area (Å²) in [6.07, 6.45) is 1.69. The van der Waals surface area contributed by atoms with Gasteiger partial charge in [0.1, 0.15) is 6.29 Å². The summed E-state index contributed by atoms with van der Waals surface area (Å²) in [5.41, 5.74) is 0.519. The first-order valence-electron chi connectivity index (χ1n) is 8.60. The molecule has 1 aliphatic rings. The summed E-state index contributed by atoms with van der Waals surface area (Å²) < 4.78 is 22.5. The van der Waals surface area contributed by atoms with Gasteiger partial charge in [-0.05, 0) is 32.4 Å². The quantitative estimate of drug-likeness (QED) is 0.483. The largest absolute Gasteiger partial charge is 0.490 e. The van der Waals surface area contributed by atoms with Crippen LogP contribution in [0.2, 0.25) is 0 Å². The van der Waals surface area contributed by atoms with Crippen LogP contribution in [0.25, 0.3) is 0 Å². The topological polar surface area (TPSA) is 57.2 Å². The lowest BCUT2D eigenvalue weighted by atomic mass is 10.2. The Balaban J connectivity index is 1.98. The number of morpholine rings is 1. The van der Waals surface area contributed by atoms with E-state index in [0.717, 1.165) is 45.6 Å². The number of hydrogen-bond donors (Lipinski definition) is 0. The minimum atomic E-state index is 0.499. The lowest BCUT2D eigenvalue weighted by Gasteiger charge is -2.26. The molecule has 0 spiro atoms. The van der Waals surface area contributed by atoms with Crippen LogP contribution < -0.4 is 14.2 Å². The zero-order valence-corrected chi connectivity index (χ0v) is 14.6. The first-order chi connectivity index (χ1) is 11.8. The second kappa shape index (κ2) is 10.2. The Bertz CT molecular complexity index is 514. The molecule has 6 nitrogen and oxygen atoms in total. The number of benzene rings is 1. The Labute approximate surface area is 143 Å². The molecule has 1 fully saturated rings. The molecular weight excluding hydrogens is 310 g/mol. The molecule has 0 saturated carbocycles. The second-order valence-electron chi connectivity index (χ2n) is 5.49. The molecule has 0 aromatic heterocycles. The van der Waals surface area contributed by atoms with Crippen molar-refractivity contribution in [1.82, 2.24) is 4.90 Å². The van der Waals surface area contributed by atoms with E-state index in [1.807, 2.05) is 13.8 Å². The predicted molar refractivity (Wildman–Crippen MR) is 91.5 cm³/mol. The molecule has 0 N–H and O–H groups in total. The predicted octanol–water partition coefficient (Wildman–Crippen LogP) is 2.40. The number of aldehydes is 1. The van der Waals surface area contributed by atoms with Crippen LogP contribution in [-0.4, -0.2) is 63.9 Å². The molecule has 134 valence electrons. The van der Waals surface area contributed by atoms with Crippen LogP contribution in [0.1, 0.15) is 30.6 Å². The van der Waals surface area contributed by atoms with Gasteiger partial charge in [-0.25, -0.2) is 0 Å². The highest BCUT2D eigenvalue weighted by Crippen LogP contribution is 2.38. The zero-order chi connectivity index (χ0) is 17.2. The number of carbonyl (C=O) groups is 1. The van der Waals surface area contributed by atoms with E-state index in [2.05, 4.69) is 4.90 Å². The maximum absolute atomic E-state index is 11.2. The van der Waals surface area contributed by atoms with Crippen LogP contribution in [0.15, 0.2) is 12.1 Å². The number of ether oxygens (including phenoxy) is 4. The second-order valence-corrected chi connectivity index (χ2v) is 5.49. The maximum atomic E-state index is 11.2. The molecule has 24 heavy (non-hydrogen) atoms. The van der Waals surface area contributed by atoms with Crippen LogP contribution in [-0.2, 0) is 4.74 Å². The highest BCUT2D eigenvalue weighted by atomic mass is 16.5. The lowest BCUT2D eigenvalue weighted by molar-refractivity contribution is 0.0357. The lowest BCUT2D eigenvalue weighted by Crippen LogP contribution is -2.37. The summed E-state index contributed by atoms with van der Waals surface area (Å²) in [4.78, 5) is 13.5. The molecule has 0 bridgehead atoms. The van der Waals surface area contributed by atoms with E-state index in [1.54, 1.807) is 12.1 Å². The molecule has 0 amide bonds. The smallest absolute Gasteiger partial charge is 0.203 e. The fraction of sp³-hybridized carbons (Fsp3) is 0.611. The van der Waals surface area contributed by atoms with E-state index in [9.17, 15) is 4.79 Å². The van der Waals surface area contributed by atoms with E-state index in [0.29, 0.717) is 42.6 Å². The third-order valence-corrected chi connectivity index (χ3v) is 3.75. The highest BCUT2D eigenvalue weighted by Gasteiger charge is 2.15. The van der Waals surface area contributed by atoms with Gasteiger partial charge in [-0.2, -0.15) is 0 Å². The fourth-order valence-corrected chi connectivity index (χ4v) is 2.62. The normalized spacial score (nSPS) is 15.1. The minimum absolute atomic E-state index is 0.499. The molecule has 1 saturated heterocycles. The van der Waals surface area contributed by atoms with Crippen LogP contribution in [0.3, 0.4) is 0 Å². The van der Waals surface area contributed by atoms with Crippen molar-refractivity contribution < 1.29 is 23.7 Å². The van der Waals surface area contributed by atoms with Crippen molar-refractivity contribution >= 4 is 6.29 Å². The fourth-order valence-electron chi connectivity index (χ4n) is 2.62. The summed E-state index contributed by atoms with van der Waals surface area (Å²) in [6.45, 7) is 9.88. The summed E-state index contributed by atoms with van der Waals surface area (Å²) in [7, 11) is 0. The number of carbonyl (C=O) groups excluding carboxylic acids is 1. The van der Waals surface area contributed by atoms with Crippen molar-refractivity contribution in [2.24, 2.45) is 0 Å². The Morgan fingerprint density at radius 2 is 1.75 bits per heavy atom. The summed E-state index contributed by atoms with van der Waals surface area (Å²) in [6, 6.07) is 3.39. The monoisotopic (exact) mass is 337 g/mol. The van der Waals surface area contributed by atoms with Crippen molar-refractivity contribution in [3.63, 3.8) is 0 Å². The molecule has 0 radical (unpaired) electrons. The van der Waals surface area contributed by atoms with Crippen molar-refractivity contribution in [2.45, 2.75) is 20.3 Å². The van der Waals surface area contributed by atoms with Crippen molar-refractivity contribution in [3.05, 3.63) is 17.7 Å². The molecule has 2 rings (SSSR count). The molecule has 6 heteroatoms. The van der Waals surface area contributed by atoms with Crippen LogP contribution in [0, 0.1) is 0 Å². The number of rotatable bonds is 10. The van der Waals surface area contributed by atoms with Gasteiger partial charge in [0.25, 0.3) is 0 Å². The zero-order valence-electron chi connectivity index (χ0n) is 14.6. The Kier molecular flexibility index (Phi) is 7.85. The van der Waals surface area contributed by atoms with Gasteiger partial charge in [-0.3, -0.25) is 9.69 Å². The first kappa shape index (κ1) is 18.5. The molecule has 0 atom stereocenters. The summed E-state index contributed by atoms with van der Waals surface area (Å²) >= 11 is 0. The molecule has 1 aliphatic heterocycles. The molecule has 1 aromatic rings. The van der Waals surface area contributed by atoms with E-state index in [1.165, 1.54) is 0 Å². The van der Waals surface area contributed by atoms with E-state index < -0.39 is 0 Å². The van der Waals surface area contributed by atoms with Gasteiger partial charge in [0.15, 0.2) is 11.5 Å². The van der Waals surface area contributed by atoms with Gasteiger partial charge in [-0.15, -0.1) is 0 Å². The molecule has 0 unspecified atom stereocenters. The van der Waals surface area contributed by atoms with Crippen molar-refractivity contribution in [1.29, 1.82) is 0 Å². The van der Waals surface area contributed by atoms with Gasteiger partial charge in [0.2, 0.25) is 5.75 Å². The molecule has 1 heterocycles. The third kappa shape index (κ3) is 5.39. The Morgan fingerprint density at radius 3 is 2.38 bits per heavy atom. The number of nitrogens with zero attached hydrogens (tertiary/aromatic N) is 1. The van der Waals surface area contributed by atoms with Gasteiger partial charge in [0, 0.05) is 25.2 Å². The van der Waals surface area contributed by atoms with E-state index >= 15 is 0 Å². The standard InChI is InChI=1S/C18H27NO5/c1-3-22-16-12-15(14-20)13-17(18(16)23-4-2)24-9-5-6-19-7-10-21-11-8-19/h12-14H,3-11H2,1-2H3. The van der Waals surface area contributed by atoms with Gasteiger partial charge in [0.05, 0.1) is 33.0 Å². The van der Waals surface area contributed by atoms with E-state index in [4.69, 9.17) is 18.9 Å².